The topological polar surface area (TPSA) is 43.4 Å². The van der Waals surface area contributed by atoms with Crippen molar-refractivity contribution in [1.29, 1.82) is 0 Å². The summed E-state index contributed by atoms with van der Waals surface area (Å²) >= 11 is 3.39. The van der Waals surface area contributed by atoms with Crippen LogP contribution in [0.5, 0.6) is 0 Å². The van der Waals surface area contributed by atoms with Gasteiger partial charge in [0.25, 0.3) is 0 Å². The van der Waals surface area contributed by atoms with Gasteiger partial charge in [0.15, 0.2) is 5.78 Å². The minimum atomic E-state index is -1.54. The summed E-state index contributed by atoms with van der Waals surface area (Å²) in [6.45, 7) is 4.16. The van der Waals surface area contributed by atoms with E-state index in [4.69, 9.17) is 4.74 Å². The molecule has 0 aliphatic rings. The molecule has 2 rings (SSSR count). The fourth-order valence-corrected chi connectivity index (χ4v) is 2.75. The monoisotopic (exact) mass is 374 g/mol. The quantitative estimate of drug-likeness (QED) is 0.326. The van der Waals surface area contributed by atoms with Crippen molar-refractivity contribution >= 4 is 27.7 Å². The zero-order valence-corrected chi connectivity index (χ0v) is 14.7. The average molecular weight is 375 g/mol. The number of ether oxygens (including phenoxy) is 1. The zero-order valence-electron chi connectivity index (χ0n) is 13.2. The van der Waals surface area contributed by atoms with E-state index in [1.807, 2.05) is 26.0 Å². The number of alkyl halides is 1. The molecular weight excluding hydrogens is 356 g/mol. The highest BCUT2D eigenvalue weighted by Gasteiger charge is 2.47. The Hall–Kier alpha value is -1.94. The Kier molecular flexibility index (Phi) is 5.72. The Labute approximate surface area is 144 Å². The molecule has 0 bridgehead atoms. The summed E-state index contributed by atoms with van der Waals surface area (Å²) in [5.41, 5.74) is 1.01. The lowest BCUT2D eigenvalue weighted by Gasteiger charge is -2.25. The number of Topliss-reactive ketones (excluding diaryl/α,β-unsaturated/α-hetero) is 1. The number of halogens is 1. The van der Waals surface area contributed by atoms with Gasteiger partial charge in [-0.2, -0.15) is 0 Å². The van der Waals surface area contributed by atoms with Crippen molar-refractivity contribution in [3.05, 3.63) is 71.8 Å². The Morgan fingerprint density at radius 3 is 2.04 bits per heavy atom. The maximum atomic E-state index is 13.0. The molecule has 0 aliphatic heterocycles. The molecule has 0 saturated carbocycles. The lowest BCUT2D eigenvalue weighted by Crippen LogP contribution is -2.40. The lowest BCUT2D eigenvalue weighted by atomic mass is 9.90. The van der Waals surface area contributed by atoms with Crippen LogP contribution in [0.4, 0.5) is 0 Å². The highest BCUT2D eigenvalue weighted by atomic mass is 79.9. The van der Waals surface area contributed by atoms with Crippen molar-refractivity contribution in [3.63, 3.8) is 0 Å². The molecule has 0 aromatic heterocycles. The smallest absolute Gasteiger partial charge is 0.335 e. The lowest BCUT2D eigenvalue weighted by molar-refractivity contribution is -0.146. The van der Waals surface area contributed by atoms with E-state index in [9.17, 15) is 9.59 Å². The first-order valence-corrected chi connectivity index (χ1v) is 8.27. The molecule has 3 nitrogen and oxygen atoms in total. The number of rotatable bonds is 6. The van der Waals surface area contributed by atoms with Crippen molar-refractivity contribution in [2.24, 2.45) is 5.92 Å². The van der Waals surface area contributed by atoms with Gasteiger partial charge in [-0.3, -0.25) is 4.79 Å². The molecule has 2 aromatic rings. The third-order valence-electron chi connectivity index (χ3n) is 3.35. The van der Waals surface area contributed by atoms with Crippen LogP contribution < -0.4 is 0 Å². The maximum Gasteiger partial charge on any atom is 0.335 e. The highest BCUT2D eigenvalue weighted by Crippen LogP contribution is 2.36. The summed E-state index contributed by atoms with van der Waals surface area (Å²) in [5.74, 6) is -0.734. The molecule has 0 N–H and O–H groups in total. The largest absolute Gasteiger partial charge is 0.464 e. The molecule has 0 amide bonds. The fraction of sp³-hybridized carbons (Fsp3) is 0.263. The average Bonchev–Trinajstić information content (AvgIpc) is 2.59. The number of benzene rings is 2. The molecule has 1 unspecified atom stereocenters. The predicted molar refractivity (Wildman–Crippen MR) is 93.6 cm³/mol. The van der Waals surface area contributed by atoms with E-state index in [-0.39, 0.29) is 18.3 Å². The summed E-state index contributed by atoms with van der Waals surface area (Å²) in [6, 6.07) is 17.6. The molecule has 0 saturated heterocycles. The van der Waals surface area contributed by atoms with Gasteiger partial charge >= 0.3 is 5.97 Å². The molecule has 0 fully saturated rings. The van der Waals surface area contributed by atoms with Gasteiger partial charge in [0.05, 0.1) is 6.61 Å². The molecule has 120 valence electrons. The second-order valence-electron chi connectivity index (χ2n) is 5.71. The molecule has 2 aromatic carbocycles. The van der Waals surface area contributed by atoms with Crippen LogP contribution in [0, 0.1) is 5.92 Å². The van der Waals surface area contributed by atoms with Gasteiger partial charge in [-0.05, 0) is 11.5 Å². The van der Waals surface area contributed by atoms with Crippen molar-refractivity contribution < 1.29 is 14.3 Å². The number of hydrogen-bond donors (Lipinski definition) is 0. The van der Waals surface area contributed by atoms with Crippen LogP contribution in [0.1, 0.15) is 29.8 Å². The number of esters is 1. The highest BCUT2D eigenvalue weighted by molar-refractivity contribution is 9.10. The zero-order chi connectivity index (χ0) is 16.9. The predicted octanol–water partition coefficient (Wildman–Crippen LogP) is 4.36. The van der Waals surface area contributed by atoms with Crippen molar-refractivity contribution in [1.82, 2.24) is 0 Å². The molecule has 1 atom stereocenters. The first-order chi connectivity index (χ1) is 11.0. The van der Waals surface area contributed by atoms with Gasteiger partial charge in [0.2, 0.25) is 4.32 Å². The van der Waals surface area contributed by atoms with Gasteiger partial charge in [-0.15, -0.1) is 0 Å². The van der Waals surface area contributed by atoms with Crippen LogP contribution in [0.3, 0.4) is 0 Å². The SMILES string of the molecule is CC(C)COC(=O)C(Br)(C(=O)c1ccccc1)c1ccccc1. The second kappa shape index (κ2) is 7.55. The third-order valence-corrected chi connectivity index (χ3v) is 4.49. The Morgan fingerprint density at radius 2 is 1.52 bits per heavy atom. The minimum Gasteiger partial charge on any atom is -0.464 e. The Bertz CT molecular complexity index is 668. The molecule has 23 heavy (non-hydrogen) atoms. The van der Waals surface area contributed by atoms with Gasteiger partial charge < -0.3 is 4.74 Å². The number of carbonyl (C=O) groups excluding carboxylic acids is 2. The van der Waals surface area contributed by atoms with Crippen LogP contribution >= 0.6 is 15.9 Å². The number of ketones is 1. The van der Waals surface area contributed by atoms with Crippen LogP contribution in [0.2, 0.25) is 0 Å². The van der Waals surface area contributed by atoms with E-state index in [0.29, 0.717) is 11.1 Å². The van der Waals surface area contributed by atoms with Crippen molar-refractivity contribution in [2.45, 2.75) is 18.2 Å². The van der Waals surface area contributed by atoms with Gasteiger partial charge in [-0.1, -0.05) is 90.4 Å². The van der Waals surface area contributed by atoms with E-state index >= 15 is 0 Å². The first-order valence-electron chi connectivity index (χ1n) is 7.47. The molecule has 4 heteroatoms. The van der Waals surface area contributed by atoms with E-state index in [1.165, 1.54) is 0 Å². The van der Waals surface area contributed by atoms with E-state index in [2.05, 4.69) is 15.9 Å². The number of carbonyl (C=O) groups is 2. The fourth-order valence-electron chi connectivity index (χ4n) is 2.14. The first kappa shape index (κ1) is 17.4. The normalized spacial score (nSPS) is 13.4. The Morgan fingerprint density at radius 1 is 1.00 bits per heavy atom. The Balaban J connectivity index is 2.43. The third kappa shape index (κ3) is 3.88. The maximum absolute atomic E-state index is 13.0. The summed E-state index contributed by atoms with van der Waals surface area (Å²) < 4.78 is 3.82. The van der Waals surface area contributed by atoms with Crippen LogP contribution in [0.25, 0.3) is 0 Å². The molecular formula is C19H19BrO3. The van der Waals surface area contributed by atoms with Gasteiger partial charge in [0.1, 0.15) is 0 Å². The molecule has 0 aliphatic carbocycles. The summed E-state index contributed by atoms with van der Waals surface area (Å²) in [5, 5.41) is 0. The minimum absolute atomic E-state index is 0.193. The van der Waals surface area contributed by atoms with Crippen LogP contribution in [-0.2, 0) is 13.9 Å². The van der Waals surface area contributed by atoms with Crippen molar-refractivity contribution in [3.8, 4) is 0 Å². The summed E-state index contributed by atoms with van der Waals surface area (Å²) in [7, 11) is 0. The van der Waals surface area contributed by atoms with Crippen LogP contribution in [0.15, 0.2) is 60.7 Å². The second-order valence-corrected chi connectivity index (χ2v) is 6.90. The van der Waals surface area contributed by atoms with Crippen LogP contribution in [-0.4, -0.2) is 18.4 Å². The number of hydrogen-bond acceptors (Lipinski definition) is 3. The molecule has 0 heterocycles. The van der Waals surface area contributed by atoms with E-state index in [1.54, 1.807) is 48.5 Å². The van der Waals surface area contributed by atoms with Gasteiger partial charge in [-0.25, -0.2) is 4.79 Å². The van der Waals surface area contributed by atoms with Gasteiger partial charge in [0, 0.05) is 5.56 Å². The summed E-state index contributed by atoms with van der Waals surface area (Å²) in [6.07, 6.45) is 0. The van der Waals surface area contributed by atoms with E-state index < -0.39 is 10.3 Å². The summed E-state index contributed by atoms with van der Waals surface area (Å²) in [4.78, 5) is 25.7. The van der Waals surface area contributed by atoms with Crippen molar-refractivity contribution in [2.75, 3.05) is 6.61 Å². The van der Waals surface area contributed by atoms with E-state index in [0.717, 1.165) is 0 Å². The standard InChI is InChI=1S/C19H19BrO3/c1-14(2)13-23-18(22)19(20,16-11-7-4-8-12-16)17(21)15-9-5-3-6-10-15/h3-12,14H,13H2,1-2H3. The molecule has 0 radical (unpaired) electrons. The molecule has 0 spiro atoms.